The van der Waals surface area contributed by atoms with Crippen LogP contribution in [0.5, 0.6) is 0 Å². The van der Waals surface area contributed by atoms with Crippen LogP contribution in [0.3, 0.4) is 0 Å². The molecule has 98 valence electrons. The summed E-state index contributed by atoms with van der Waals surface area (Å²) in [5.74, 6) is 1.51. The second-order valence-electron chi connectivity index (χ2n) is 5.51. The molecule has 1 aromatic rings. The predicted molar refractivity (Wildman–Crippen MR) is 69.1 cm³/mol. The topological polar surface area (TPSA) is 47.0 Å². The average molecular weight is 247 g/mol. The van der Waals surface area contributed by atoms with Gasteiger partial charge in [-0.05, 0) is 51.1 Å². The standard InChI is InChI=1S/C14H21N3O/c1-15-12(13-16-7-3-8-17-13)11-4-9-18-14(10-11)5-2-6-14/h3,7-8,11-12,15H,2,4-6,9-10H2,1H3. The molecule has 2 unspecified atom stereocenters. The first-order valence-corrected chi connectivity index (χ1v) is 6.91. The maximum atomic E-state index is 5.99. The minimum Gasteiger partial charge on any atom is -0.375 e. The highest BCUT2D eigenvalue weighted by Crippen LogP contribution is 2.46. The Morgan fingerprint density at radius 2 is 2.17 bits per heavy atom. The summed E-state index contributed by atoms with van der Waals surface area (Å²) in [5.41, 5.74) is 0.187. The van der Waals surface area contributed by atoms with Gasteiger partial charge in [-0.3, -0.25) is 0 Å². The molecule has 4 nitrogen and oxygen atoms in total. The zero-order chi connectivity index (χ0) is 12.4. The second kappa shape index (κ2) is 4.94. The smallest absolute Gasteiger partial charge is 0.145 e. The molecule has 18 heavy (non-hydrogen) atoms. The number of nitrogens with zero attached hydrogens (tertiary/aromatic N) is 2. The number of aromatic nitrogens is 2. The molecule has 4 heteroatoms. The fourth-order valence-electron chi connectivity index (χ4n) is 3.32. The Balaban J connectivity index is 1.75. The van der Waals surface area contributed by atoms with Crippen LogP contribution in [0.2, 0.25) is 0 Å². The monoisotopic (exact) mass is 247 g/mol. The first-order valence-electron chi connectivity index (χ1n) is 6.91. The van der Waals surface area contributed by atoms with Gasteiger partial charge in [0.1, 0.15) is 5.82 Å². The minimum atomic E-state index is 0.187. The van der Waals surface area contributed by atoms with Gasteiger partial charge in [0.05, 0.1) is 11.6 Å². The number of rotatable bonds is 3. The largest absolute Gasteiger partial charge is 0.375 e. The summed E-state index contributed by atoms with van der Waals surface area (Å²) in [6, 6.07) is 2.13. The van der Waals surface area contributed by atoms with Crippen LogP contribution >= 0.6 is 0 Å². The Kier molecular flexibility index (Phi) is 3.31. The first kappa shape index (κ1) is 12.1. The van der Waals surface area contributed by atoms with E-state index in [0.29, 0.717) is 5.92 Å². The van der Waals surface area contributed by atoms with E-state index in [4.69, 9.17) is 4.74 Å². The van der Waals surface area contributed by atoms with E-state index in [0.717, 1.165) is 25.3 Å². The lowest BCUT2D eigenvalue weighted by Crippen LogP contribution is -2.47. The first-order chi connectivity index (χ1) is 8.83. The molecule has 0 bridgehead atoms. The summed E-state index contributed by atoms with van der Waals surface area (Å²) in [7, 11) is 2.00. The van der Waals surface area contributed by atoms with Crippen molar-refractivity contribution in [1.82, 2.24) is 15.3 Å². The molecule has 0 radical (unpaired) electrons. The molecule has 0 aromatic carbocycles. The van der Waals surface area contributed by atoms with Gasteiger partial charge in [0, 0.05) is 19.0 Å². The predicted octanol–water partition coefficient (Wildman–Crippen LogP) is 2.09. The average Bonchev–Trinajstić information content (AvgIpc) is 2.39. The van der Waals surface area contributed by atoms with E-state index in [2.05, 4.69) is 15.3 Å². The van der Waals surface area contributed by atoms with Gasteiger partial charge in [-0.15, -0.1) is 0 Å². The van der Waals surface area contributed by atoms with Crippen molar-refractivity contribution in [2.24, 2.45) is 5.92 Å². The van der Waals surface area contributed by atoms with E-state index in [9.17, 15) is 0 Å². The summed E-state index contributed by atoms with van der Waals surface area (Å²) in [6.45, 7) is 0.885. The molecule has 2 atom stereocenters. The molecule has 2 heterocycles. The lowest BCUT2D eigenvalue weighted by atomic mass is 9.70. The third-order valence-electron chi connectivity index (χ3n) is 4.44. The molecular weight excluding hydrogens is 226 g/mol. The molecule has 1 aliphatic heterocycles. The van der Waals surface area contributed by atoms with E-state index in [1.54, 1.807) is 0 Å². The van der Waals surface area contributed by atoms with Crippen LogP contribution in [-0.4, -0.2) is 29.2 Å². The highest BCUT2D eigenvalue weighted by molar-refractivity contribution is 5.03. The Morgan fingerprint density at radius 1 is 1.39 bits per heavy atom. The quantitative estimate of drug-likeness (QED) is 0.888. The molecule has 1 saturated carbocycles. The zero-order valence-corrected chi connectivity index (χ0v) is 10.9. The summed E-state index contributed by atoms with van der Waals surface area (Å²) in [4.78, 5) is 8.80. The highest BCUT2D eigenvalue weighted by Gasteiger charge is 2.44. The van der Waals surface area contributed by atoms with Crippen molar-refractivity contribution < 1.29 is 4.74 Å². The van der Waals surface area contributed by atoms with Gasteiger partial charge in [-0.1, -0.05) is 0 Å². The normalized spacial score (nSPS) is 27.7. The molecule has 2 aliphatic rings. The summed E-state index contributed by atoms with van der Waals surface area (Å²) < 4.78 is 5.99. The molecular formula is C14H21N3O. The van der Waals surface area contributed by atoms with E-state index in [1.165, 1.54) is 19.3 Å². The van der Waals surface area contributed by atoms with Crippen molar-refractivity contribution in [3.05, 3.63) is 24.3 Å². The summed E-state index contributed by atoms with van der Waals surface area (Å²) in [5, 5.41) is 3.39. The Morgan fingerprint density at radius 3 is 2.78 bits per heavy atom. The molecule has 1 N–H and O–H groups in total. The number of ether oxygens (including phenoxy) is 1. The number of nitrogens with one attached hydrogen (secondary N) is 1. The van der Waals surface area contributed by atoms with Crippen LogP contribution in [0.1, 0.15) is 44.0 Å². The third kappa shape index (κ3) is 2.15. The molecule has 3 rings (SSSR count). The third-order valence-corrected chi connectivity index (χ3v) is 4.44. The lowest BCUT2D eigenvalue weighted by Gasteiger charge is -2.48. The van der Waals surface area contributed by atoms with Crippen molar-refractivity contribution in [1.29, 1.82) is 0 Å². The Bertz CT molecular complexity index is 391. The minimum absolute atomic E-state index is 0.187. The van der Waals surface area contributed by atoms with Gasteiger partial charge in [0.15, 0.2) is 0 Å². The number of hydrogen-bond donors (Lipinski definition) is 1. The maximum Gasteiger partial charge on any atom is 0.145 e. The molecule has 2 fully saturated rings. The molecule has 1 aromatic heterocycles. The Hall–Kier alpha value is -1.00. The van der Waals surface area contributed by atoms with E-state index >= 15 is 0 Å². The zero-order valence-electron chi connectivity index (χ0n) is 10.9. The van der Waals surface area contributed by atoms with E-state index in [1.807, 2.05) is 25.5 Å². The van der Waals surface area contributed by atoms with Gasteiger partial charge >= 0.3 is 0 Å². The Labute approximate surface area is 108 Å². The van der Waals surface area contributed by atoms with E-state index in [-0.39, 0.29) is 11.6 Å². The van der Waals surface area contributed by atoms with Crippen molar-refractivity contribution in [2.45, 2.75) is 43.7 Å². The summed E-state index contributed by atoms with van der Waals surface area (Å²) in [6.07, 6.45) is 9.68. The second-order valence-corrected chi connectivity index (χ2v) is 5.51. The molecule has 1 aliphatic carbocycles. The molecule has 1 spiro atoms. The number of hydrogen-bond acceptors (Lipinski definition) is 4. The SMILES string of the molecule is CNC(c1ncccn1)C1CCOC2(CCC2)C1. The van der Waals surface area contributed by atoms with Crippen molar-refractivity contribution in [3.63, 3.8) is 0 Å². The summed E-state index contributed by atoms with van der Waals surface area (Å²) >= 11 is 0. The van der Waals surface area contributed by atoms with Gasteiger partial charge in [0.25, 0.3) is 0 Å². The van der Waals surface area contributed by atoms with Crippen LogP contribution in [0.4, 0.5) is 0 Å². The van der Waals surface area contributed by atoms with Crippen LogP contribution < -0.4 is 5.32 Å². The fourth-order valence-corrected chi connectivity index (χ4v) is 3.32. The maximum absolute atomic E-state index is 5.99. The molecule has 0 amide bonds. The van der Waals surface area contributed by atoms with Crippen molar-refractivity contribution >= 4 is 0 Å². The lowest BCUT2D eigenvalue weighted by molar-refractivity contribution is -0.147. The fraction of sp³-hybridized carbons (Fsp3) is 0.714. The van der Waals surface area contributed by atoms with Crippen LogP contribution in [-0.2, 0) is 4.74 Å². The van der Waals surface area contributed by atoms with Crippen LogP contribution in [0.15, 0.2) is 18.5 Å². The van der Waals surface area contributed by atoms with Crippen molar-refractivity contribution in [3.8, 4) is 0 Å². The van der Waals surface area contributed by atoms with Gasteiger partial charge < -0.3 is 10.1 Å². The van der Waals surface area contributed by atoms with Crippen molar-refractivity contribution in [2.75, 3.05) is 13.7 Å². The van der Waals surface area contributed by atoms with Crippen LogP contribution in [0, 0.1) is 5.92 Å². The van der Waals surface area contributed by atoms with Crippen LogP contribution in [0.25, 0.3) is 0 Å². The molecule has 1 saturated heterocycles. The highest BCUT2D eigenvalue weighted by atomic mass is 16.5. The van der Waals surface area contributed by atoms with E-state index < -0.39 is 0 Å². The van der Waals surface area contributed by atoms with Gasteiger partial charge in [0.2, 0.25) is 0 Å². The van der Waals surface area contributed by atoms with Gasteiger partial charge in [-0.25, -0.2) is 9.97 Å². The van der Waals surface area contributed by atoms with Gasteiger partial charge in [-0.2, -0.15) is 0 Å².